The van der Waals surface area contributed by atoms with Gasteiger partial charge in [0.05, 0.1) is 18.7 Å². The fraction of sp³-hybridized carbons (Fsp3) is 0.414. The van der Waals surface area contributed by atoms with E-state index >= 15 is 0 Å². The normalized spacial score (nSPS) is 21.5. The van der Waals surface area contributed by atoms with E-state index in [2.05, 4.69) is 6.07 Å². The minimum Gasteiger partial charge on any atom is -0.497 e. The predicted molar refractivity (Wildman–Crippen MR) is 140 cm³/mol. The Morgan fingerprint density at radius 3 is 2.00 bits per heavy atom. The molecule has 2 aromatic rings. The number of carbonyl (C=O) groups excluding carboxylic acids is 4. The SMILES string of the molecule is COc1ccc(Cc2ccc(C#N)cc2O[C@@H]2O[C@H](COC(C)=O)[C@@H](OC(C)=O)[C@H](OC(C)=O)[C@H]2OC(C)=O)cc1. The number of hydrogen-bond acceptors (Lipinski definition) is 12. The smallest absolute Gasteiger partial charge is 0.303 e. The van der Waals surface area contributed by atoms with Crippen LogP contribution in [0.4, 0.5) is 0 Å². The van der Waals surface area contributed by atoms with Crippen molar-refractivity contribution in [2.75, 3.05) is 13.7 Å². The average Bonchev–Trinajstić information content (AvgIpc) is 2.91. The number of nitriles is 1. The van der Waals surface area contributed by atoms with Crippen molar-refractivity contribution in [2.45, 2.75) is 64.8 Å². The summed E-state index contributed by atoms with van der Waals surface area (Å²) in [6.07, 6.45) is -6.33. The van der Waals surface area contributed by atoms with Gasteiger partial charge in [0.25, 0.3) is 0 Å². The van der Waals surface area contributed by atoms with E-state index in [-0.39, 0.29) is 11.3 Å². The van der Waals surface area contributed by atoms with Gasteiger partial charge in [0.15, 0.2) is 12.2 Å². The van der Waals surface area contributed by atoms with E-state index in [1.807, 2.05) is 12.1 Å². The molecule has 218 valence electrons. The molecule has 5 atom stereocenters. The van der Waals surface area contributed by atoms with Crippen molar-refractivity contribution in [3.05, 3.63) is 59.2 Å². The van der Waals surface area contributed by atoms with Crippen LogP contribution in [-0.2, 0) is 49.3 Å². The third-order valence-electron chi connectivity index (χ3n) is 5.94. The van der Waals surface area contributed by atoms with Crippen LogP contribution in [0.25, 0.3) is 0 Å². The van der Waals surface area contributed by atoms with Crippen molar-refractivity contribution >= 4 is 23.9 Å². The highest BCUT2D eigenvalue weighted by Crippen LogP contribution is 2.33. The van der Waals surface area contributed by atoms with Gasteiger partial charge < -0.3 is 33.2 Å². The molecule has 1 saturated heterocycles. The van der Waals surface area contributed by atoms with Crippen molar-refractivity contribution in [3.63, 3.8) is 0 Å². The van der Waals surface area contributed by atoms with E-state index in [4.69, 9.17) is 33.2 Å². The number of carbonyl (C=O) groups is 4. The lowest BCUT2D eigenvalue weighted by molar-refractivity contribution is -0.288. The highest BCUT2D eigenvalue weighted by Gasteiger charge is 2.53. The first-order valence-corrected chi connectivity index (χ1v) is 12.6. The van der Waals surface area contributed by atoms with Crippen molar-refractivity contribution in [3.8, 4) is 17.6 Å². The third-order valence-corrected chi connectivity index (χ3v) is 5.94. The van der Waals surface area contributed by atoms with Crippen LogP contribution in [0.3, 0.4) is 0 Å². The van der Waals surface area contributed by atoms with Gasteiger partial charge >= 0.3 is 23.9 Å². The molecule has 3 rings (SSSR count). The van der Waals surface area contributed by atoms with Gasteiger partial charge in [-0.2, -0.15) is 5.26 Å². The van der Waals surface area contributed by atoms with Crippen LogP contribution >= 0.6 is 0 Å². The standard InChI is InChI=1S/C29H31NO11/c1-16(31)36-15-25-26(37-17(2)32)27(38-18(3)33)28(39-19(4)34)29(41-25)40-24-13-21(14-30)6-9-22(24)12-20-7-10-23(35-5)11-8-20/h6-11,13,25-29H,12,15H2,1-5H3/t25-,26-,27+,28-,29-/m1/s1. The maximum absolute atomic E-state index is 12.1. The van der Waals surface area contributed by atoms with Crippen LogP contribution in [0.15, 0.2) is 42.5 Å². The van der Waals surface area contributed by atoms with Crippen LogP contribution in [0, 0.1) is 11.3 Å². The van der Waals surface area contributed by atoms with E-state index in [0.29, 0.717) is 17.7 Å². The van der Waals surface area contributed by atoms with Gasteiger partial charge in [-0.1, -0.05) is 18.2 Å². The Morgan fingerprint density at radius 2 is 1.44 bits per heavy atom. The maximum Gasteiger partial charge on any atom is 0.303 e. The Bertz CT molecular complexity index is 1300. The minimum atomic E-state index is -1.43. The lowest BCUT2D eigenvalue weighted by atomic mass is 9.97. The number of rotatable bonds is 10. The number of methoxy groups -OCH3 is 1. The molecule has 1 aliphatic rings. The Balaban J connectivity index is 2.04. The molecule has 12 heteroatoms. The molecule has 0 unspecified atom stereocenters. The van der Waals surface area contributed by atoms with Crippen molar-refractivity contribution in [2.24, 2.45) is 0 Å². The molecule has 12 nitrogen and oxygen atoms in total. The second-order valence-corrected chi connectivity index (χ2v) is 9.14. The summed E-state index contributed by atoms with van der Waals surface area (Å²) in [5.41, 5.74) is 1.84. The minimum absolute atomic E-state index is 0.223. The second-order valence-electron chi connectivity index (χ2n) is 9.14. The summed E-state index contributed by atoms with van der Waals surface area (Å²) >= 11 is 0. The van der Waals surface area contributed by atoms with E-state index < -0.39 is 61.2 Å². The molecule has 0 aliphatic carbocycles. The van der Waals surface area contributed by atoms with Gasteiger partial charge in [-0.15, -0.1) is 0 Å². The number of benzene rings is 2. The summed E-state index contributed by atoms with van der Waals surface area (Å²) in [6.45, 7) is 4.19. The first-order valence-electron chi connectivity index (χ1n) is 12.6. The monoisotopic (exact) mass is 569 g/mol. The molecule has 0 radical (unpaired) electrons. The zero-order valence-corrected chi connectivity index (χ0v) is 23.3. The third kappa shape index (κ3) is 8.68. The topological polar surface area (TPSA) is 157 Å². The first-order chi connectivity index (χ1) is 19.5. The van der Waals surface area contributed by atoms with Crippen molar-refractivity contribution < 1.29 is 52.3 Å². The fourth-order valence-electron chi connectivity index (χ4n) is 4.25. The van der Waals surface area contributed by atoms with E-state index in [9.17, 15) is 24.4 Å². The van der Waals surface area contributed by atoms with E-state index in [1.54, 1.807) is 31.4 Å². The van der Waals surface area contributed by atoms with Gasteiger partial charge in [-0.05, 0) is 35.4 Å². The largest absolute Gasteiger partial charge is 0.497 e. The zero-order valence-electron chi connectivity index (χ0n) is 23.3. The quantitative estimate of drug-likeness (QED) is 0.305. The van der Waals surface area contributed by atoms with Gasteiger partial charge in [0, 0.05) is 34.1 Å². The molecule has 41 heavy (non-hydrogen) atoms. The lowest BCUT2D eigenvalue weighted by Crippen LogP contribution is -2.63. The summed E-state index contributed by atoms with van der Waals surface area (Å²) in [5, 5.41) is 9.53. The van der Waals surface area contributed by atoms with Gasteiger partial charge in [0.2, 0.25) is 12.4 Å². The van der Waals surface area contributed by atoms with E-state index in [1.165, 1.54) is 13.0 Å². The summed E-state index contributed by atoms with van der Waals surface area (Å²) in [5.74, 6) is -1.99. The Labute approximate surface area is 237 Å². The molecular formula is C29H31NO11. The molecular weight excluding hydrogens is 538 g/mol. The molecule has 1 fully saturated rings. The number of ether oxygens (including phenoxy) is 7. The molecule has 0 spiro atoms. The molecule has 1 aliphatic heterocycles. The molecule has 2 aromatic carbocycles. The highest BCUT2D eigenvalue weighted by atomic mass is 16.7. The summed E-state index contributed by atoms with van der Waals surface area (Å²) in [6, 6.07) is 14.2. The molecule has 1 heterocycles. The van der Waals surface area contributed by atoms with Gasteiger partial charge in [0.1, 0.15) is 24.2 Å². The Kier molecular flexibility index (Phi) is 10.7. The predicted octanol–water partition coefficient (Wildman–Crippen LogP) is 2.62. The van der Waals surface area contributed by atoms with Crippen LogP contribution in [0.1, 0.15) is 44.4 Å². The second kappa shape index (κ2) is 14.1. The van der Waals surface area contributed by atoms with Crippen LogP contribution in [0.5, 0.6) is 11.5 Å². The van der Waals surface area contributed by atoms with Crippen molar-refractivity contribution in [1.82, 2.24) is 0 Å². The highest BCUT2D eigenvalue weighted by molar-refractivity contribution is 5.68. The zero-order chi connectivity index (χ0) is 30.1. The summed E-state index contributed by atoms with van der Waals surface area (Å²) in [7, 11) is 1.56. The first kappa shape index (κ1) is 30.9. The summed E-state index contributed by atoms with van der Waals surface area (Å²) in [4.78, 5) is 47.7. The van der Waals surface area contributed by atoms with Crippen LogP contribution in [-0.4, -0.2) is 68.3 Å². The van der Waals surface area contributed by atoms with Gasteiger partial charge in [-0.25, -0.2) is 0 Å². The van der Waals surface area contributed by atoms with Crippen molar-refractivity contribution in [1.29, 1.82) is 5.26 Å². The Morgan fingerprint density at radius 1 is 0.829 bits per heavy atom. The Hall–Kier alpha value is -4.63. The van der Waals surface area contributed by atoms with E-state index in [0.717, 1.165) is 26.3 Å². The number of esters is 4. The van der Waals surface area contributed by atoms with Crippen LogP contribution < -0.4 is 9.47 Å². The lowest BCUT2D eigenvalue weighted by Gasteiger charge is -2.44. The van der Waals surface area contributed by atoms with Gasteiger partial charge in [-0.3, -0.25) is 19.2 Å². The molecule has 0 saturated carbocycles. The fourth-order valence-corrected chi connectivity index (χ4v) is 4.25. The maximum atomic E-state index is 12.1. The number of hydrogen-bond donors (Lipinski definition) is 0. The molecule has 0 amide bonds. The average molecular weight is 570 g/mol. The molecule has 0 N–H and O–H groups in total. The van der Waals surface area contributed by atoms with Crippen LogP contribution in [0.2, 0.25) is 0 Å². The molecule has 0 aromatic heterocycles. The number of nitrogens with zero attached hydrogens (tertiary/aromatic N) is 1. The molecule has 0 bridgehead atoms. The summed E-state index contributed by atoms with van der Waals surface area (Å²) < 4.78 is 38.9.